The maximum atomic E-state index is 5.79. The van der Waals surface area contributed by atoms with Crippen LogP contribution in [0.25, 0.3) is 22.3 Å². The Morgan fingerprint density at radius 1 is 1.00 bits per heavy atom. The highest BCUT2D eigenvalue weighted by Gasteiger charge is 2.09. The van der Waals surface area contributed by atoms with E-state index in [2.05, 4.69) is 19.9 Å². The topological polar surface area (TPSA) is 77.6 Å². The number of benzene rings is 1. The number of nitrogens with two attached hydrogens (primary N) is 1. The third-order valence-corrected chi connectivity index (χ3v) is 2.67. The van der Waals surface area contributed by atoms with Crippen molar-refractivity contribution in [3.05, 3.63) is 41.8 Å². The molecule has 2 N–H and O–H groups in total. The number of hydrogen-bond acceptors (Lipinski definition) is 5. The lowest BCUT2D eigenvalue weighted by atomic mass is 10.1. The van der Waals surface area contributed by atoms with Crippen LogP contribution in [0.3, 0.4) is 0 Å². The fraction of sp³-hybridized carbons (Fsp3) is 0. The molecule has 0 fully saturated rings. The molecule has 3 aromatic rings. The van der Waals surface area contributed by atoms with Crippen molar-refractivity contribution < 1.29 is 0 Å². The SMILES string of the molecule is Nc1nc(Cl)nc(-c2cccc3cccnc23)n1. The molecule has 0 aliphatic heterocycles. The summed E-state index contributed by atoms with van der Waals surface area (Å²) in [5.74, 6) is 0.523. The smallest absolute Gasteiger partial charge is 0.227 e. The first-order chi connectivity index (χ1) is 8.74. The second kappa shape index (κ2) is 4.19. The molecule has 0 atom stereocenters. The van der Waals surface area contributed by atoms with Gasteiger partial charge >= 0.3 is 0 Å². The van der Waals surface area contributed by atoms with Crippen LogP contribution in [0.2, 0.25) is 5.28 Å². The quantitative estimate of drug-likeness (QED) is 0.724. The lowest BCUT2D eigenvalue weighted by Gasteiger charge is -2.04. The van der Waals surface area contributed by atoms with Crippen LogP contribution in [0, 0.1) is 0 Å². The first-order valence-electron chi connectivity index (χ1n) is 5.25. The summed E-state index contributed by atoms with van der Waals surface area (Å²) in [5.41, 5.74) is 7.16. The van der Waals surface area contributed by atoms with Crippen molar-refractivity contribution in [1.29, 1.82) is 0 Å². The molecule has 5 nitrogen and oxygen atoms in total. The summed E-state index contributed by atoms with van der Waals surface area (Å²) in [4.78, 5) is 16.2. The van der Waals surface area contributed by atoms with Crippen molar-refractivity contribution in [1.82, 2.24) is 19.9 Å². The average molecular weight is 258 g/mol. The minimum Gasteiger partial charge on any atom is -0.368 e. The van der Waals surface area contributed by atoms with E-state index in [9.17, 15) is 0 Å². The zero-order valence-electron chi connectivity index (χ0n) is 9.21. The van der Waals surface area contributed by atoms with E-state index < -0.39 is 0 Å². The number of fused-ring (bicyclic) bond motifs is 1. The minimum absolute atomic E-state index is 0.0745. The van der Waals surface area contributed by atoms with Gasteiger partial charge in [0, 0.05) is 17.1 Å². The number of rotatable bonds is 1. The molecule has 0 radical (unpaired) electrons. The summed E-state index contributed by atoms with van der Waals surface area (Å²) >= 11 is 5.79. The Bertz CT molecular complexity index is 703. The molecule has 0 unspecified atom stereocenters. The van der Waals surface area contributed by atoms with Gasteiger partial charge in [0.05, 0.1) is 5.52 Å². The number of aromatic nitrogens is 4. The zero-order valence-corrected chi connectivity index (χ0v) is 9.96. The van der Waals surface area contributed by atoms with Gasteiger partial charge in [0.1, 0.15) is 0 Å². The number of nitrogen functional groups attached to an aromatic ring is 1. The van der Waals surface area contributed by atoms with E-state index in [0.29, 0.717) is 5.82 Å². The summed E-state index contributed by atoms with van der Waals surface area (Å²) in [7, 11) is 0. The van der Waals surface area contributed by atoms with Gasteiger partial charge in [-0.2, -0.15) is 15.0 Å². The Morgan fingerprint density at radius 2 is 1.83 bits per heavy atom. The van der Waals surface area contributed by atoms with Gasteiger partial charge in [-0.05, 0) is 23.7 Å². The number of para-hydroxylation sites is 1. The average Bonchev–Trinajstić information content (AvgIpc) is 2.37. The number of anilines is 1. The van der Waals surface area contributed by atoms with Gasteiger partial charge in [-0.1, -0.05) is 18.2 Å². The van der Waals surface area contributed by atoms with Gasteiger partial charge in [-0.25, -0.2) is 0 Å². The molecule has 2 heterocycles. The summed E-state index contributed by atoms with van der Waals surface area (Å²) in [5, 5.41) is 1.08. The van der Waals surface area contributed by atoms with Crippen LogP contribution in [0.5, 0.6) is 0 Å². The van der Waals surface area contributed by atoms with E-state index >= 15 is 0 Å². The van der Waals surface area contributed by atoms with Gasteiger partial charge in [0.25, 0.3) is 0 Å². The minimum atomic E-state index is 0.0745. The van der Waals surface area contributed by atoms with Crippen LogP contribution >= 0.6 is 11.6 Å². The highest BCUT2D eigenvalue weighted by Crippen LogP contribution is 2.24. The molecule has 88 valence electrons. The number of pyridine rings is 1. The first kappa shape index (κ1) is 10.9. The largest absolute Gasteiger partial charge is 0.368 e. The molecule has 0 bridgehead atoms. The fourth-order valence-corrected chi connectivity index (χ4v) is 1.94. The molecule has 6 heteroatoms. The van der Waals surface area contributed by atoms with E-state index in [4.69, 9.17) is 17.3 Å². The first-order valence-corrected chi connectivity index (χ1v) is 5.63. The molecule has 0 aliphatic carbocycles. The standard InChI is InChI=1S/C12H8ClN5/c13-11-16-10(17-12(14)18-11)8-5-1-3-7-4-2-6-15-9(7)8/h1-6H,(H2,14,16,17,18). The maximum Gasteiger partial charge on any atom is 0.227 e. The lowest BCUT2D eigenvalue weighted by molar-refractivity contribution is 1.07. The Kier molecular flexibility index (Phi) is 2.53. The monoisotopic (exact) mass is 257 g/mol. The van der Waals surface area contributed by atoms with Crippen molar-refractivity contribution in [3.8, 4) is 11.4 Å². The third kappa shape index (κ3) is 1.84. The summed E-state index contributed by atoms with van der Waals surface area (Å²) in [6, 6.07) is 9.60. The molecule has 0 saturated heterocycles. The molecule has 3 rings (SSSR count). The van der Waals surface area contributed by atoms with Crippen molar-refractivity contribution >= 4 is 28.5 Å². The van der Waals surface area contributed by atoms with Gasteiger partial charge in [-0.3, -0.25) is 4.98 Å². The Labute approximate surface area is 108 Å². The van der Waals surface area contributed by atoms with Gasteiger partial charge in [0.15, 0.2) is 5.82 Å². The molecule has 0 aliphatic rings. The fourth-order valence-electron chi connectivity index (χ4n) is 1.77. The normalized spacial score (nSPS) is 10.7. The van der Waals surface area contributed by atoms with Gasteiger partial charge in [0.2, 0.25) is 11.2 Å². The molecular weight excluding hydrogens is 250 g/mol. The zero-order chi connectivity index (χ0) is 12.5. The second-order valence-corrected chi connectivity index (χ2v) is 4.01. The maximum absolute atomic E-state index is 5.79. The van der Waals surface area contributed by atoms with Crippen LogP contribution < -0.4 is 5.73 Å². The molecular formula is C12H8ClN5. The third-order valence-electron chi connectivity index (χ3n) is 2.50. The highest BCUT2D eigenvalue weighted by atomic mass is 35.5. The molecule has 18 heavy (non-hydrogen) atoms. The highest BCUT2D eigenvalue weighted by molar-refractivity contribution is 6.28. The summed E-state index contributed by atoms with van der Waals surface area (Å²) < 4.78 is 0. The van der Waals surface area contributed by atoms with E-state index in [1.54, 1.807) is 6.20 Å². The van der Waals surface area contributed by atoms with Crippen LogP contribution in [0.15, 0.2) is 36.5 Å². The van der Waals surface area contributed by atoms with E-state index in [-0.39, 0.29) is 11.2 Å². The predicted octanol–water partition coefficient (Wildman–Crippen LogP) is 2.32. The van der Waals surface area contributed by atoms with Crippen LogP contribution in [-0.2, 0) is 0 Å². The van der Waals surface area contributed by atoms with Crippen LogP contribution in [-0.4, -0.2) is 19.9 Å². The molecule has 0 spiro atoms. The Balaban J connectivity index is 2.31. The van der Waals surface area contributed by atoms with Crippen molar-refractivity contribution in [3.63, 3.8) is 0 Å². The molecule has 0 amide bonds. The van der Waals surface area contributed by atoms with Gasteiger partial charge < -0.3 is 5.73 Å². The summed E-state index contributed by atoms with van der Waals surface area (Å²) in [6.45, 7) is 0. The molecule has 1 aromatic carbocycles. The number of nitrogens with zero attached hydrogens (tertiary/aromatic N) is 4. The lowest BCUT2D eigenvalue weighted by Crippen LogP contribution is -2.00. The molecule has 2 aromatic heterocycles. The van der Waals surface area contributed by atoms with Crippen LogP contribution in [0.1, 0.15) is 0 Å². The number of hydrogen-bond donors (Lipinski definition) is 1. The van der Waals surface area contributed by atoms with Crippen LogP contribution in [0.4, 0.5) is 5.95 Å². The van der Waals surface area contributed by atoms with Crippen molar-refractivity contribution in [2.75, 3.05) is 5.73 Å². The van der Waals surface area contributed by atoms with E-state index in [0.717, 1.165) is 16.5 Å². The van der Waals surface area contributed by atoms with Gasteiger partial charge in [-0.15, -0.1) is 0 Å². The van der Waals surface area contributed by atoms with E-state index in [1.165, 1.54) is 0 Å². The van der Waals surface area contributed by atoms with Crippen molar-refractivity contribution in [2.24, 2.45) is 0 Å². The predicted molar refractivity (Wildman–Crippen MR) is 70.0 cm³/mol. The Morgan fingerprint density at radius 3 is 2.67 bits per heavy atom. The Hall–Kier alpha value is -2.27. The summed E-state index contributed by atoms with van der Waals surface area (Å²) in [6.07, 6.45) is 1.72. The number of halogens is 1. The van der Waals surface area contributed by atoms with Crippen molar-refractivity contribution in [2.45, 2.75) is 0 Å². The molecule has 0 saturated carbocycles. The van der Waals surface area contributed by atoms with E-state index in [1.807, 2.05) is 30.3 Å². The second-order valence-electron chi connectivity index (χ2n) is 3.67.